The van der Waals surface area contributed by atoms with Gasteiger partial charge in [0.15, 0.2) is 12.0 Å². The minimum Gasteiger partial charge on any atom is -0.494 e. The number of ether oxygens (including phenoxy) is 3. The van der Waals surface area contributed by atoms with Gasteiger partial charge in [-0.1, -0.05) is 12.1 Å². The van der Waals surface area contributed by atoms with Crippen molar-refractivity contribution in [3.63, 3.8) is 0 Å². The van der Waals surface area contributed by atoms with Gasteiger partial charge in [-0.3, -0.25) is 14.9 Å². The van der Waals surface area contributed by atoms with Gasteiger partial charge >= 0.3 is 0 Å². The van der Waals surface area contributed by atoms with Crippen LogP contribution >= 0.6 is 0 Å². The largest absolute Gasteiger partial charge is 0.494 e. The average Bonchev–Trinajstić information content (AvgIpc) is 3.62. The molecule has 9 nitrogen and oxygen atoms in total. The number of nitrogens with one attached hydrogen (secondary N) is 2. The number of aromatic amines is 1. The number of pyridine rings is 1. The molecule has 5 rings (SSSR count). The third-order valence-electron chi connectivity index (χ3n) is 5.91. The van der Waals surface area contributed by atoms with Gasteiger partial charge in [-0.05, 0) is 60.5 Å². The Morgan fingerprint density at radius 2 is 1.86 bits per heavy atom. The molecule has 9 heteroatoms. The van der Waals surface area contributed by atoms with E-state index < -0.39 is 0 Å². The van der Waals surface area contributed by atoms with E-state index in [2.05, 4.69) is 26.6 Å². The van der Waals surface area contributed by atoms with Crippen molar-refractivity contribution in [2.24, 2.45) is 0 Å². The molecule has 0 radical (unpaired) electrons. The number of nitriles is 1. The highest BCUT2D eigenvalue weighted by molar-refractivity contribution is 6.04. The Labute approximate surface area is 214 Å². The van der Waals surface area contributed by atoms with Crippen molar-refractivity contribution in [2.45, 2.75) is 19.1 Å². The van der Waals surface area contributed by atoms with Crippen LogP contribution in [-0.2, 0) is 9.47 Å². The van der Waals surface area contributed by atoms with Gasteiger partial charge in [0, 0.05) is 41.2 Å². The van der Waals surface area contributed by atoms with Gasteiger partial charge in [0.1, 0.15) is 11.8 Å². The number of hydrogen-bond donors (Lipinski definition) is 2. The van der Waals surface area contributed by atoms with Crippen LogP contribution in [0.15, 0.2) is 73.1 Å². The molecule has 0 saturated carbocycles. The summed E-state index contributed by atoms with van der Waals surface area (Å²) in [6.45, 7) is 1.85. The van der Waals surface area contributed by atoms with E-state index in [1.54, 1.807) is 48.8 Å². The van der Waals surface area contributed by atoms with E-state index in [0.717, 1.165) is 24.0 Å². The molecular weight excluding hydrogens is 470 g/mol. The lowest BCUT2D eigenvalue weighted by Crippen LogP contribution is -2.12. The standard InChI is InChI=1S/C28H25N5O4/c29-17-24-26(27(33-32-24)21-3-1-13-30-18-21)19-5-9-22(10-6-19)31-28(34)20-7-11-23(12-8-20)35-14-2-4-25-36-15-16-37-25/h1,3,5-13,18,25H,2,4,14-16H2,(H,31,34)(H,32,33). The average molecular weight is 496 g/mol. The van der Waals surface area contributed by atoms with Crippen LogP contribution in [0.2, 0.25) is 0 Å². The third kappa shape index (κ3) is 5.83. The Morgan fingerprint density at radius 1 is 1.08 bits per heavy atom. The number of hydrogen-bond acceptors (Lipinski definition) is 7. The van der Waals surface area contributed by atoms with Gasteiger partial charge in [-0.25, -0.2) is 0 Å². The van der Waals surface area contributed by atoms with Crippen LogP contribution < -0.4 is 10.1 Å². The normalized spacial score (nSPS) is 13.3. The van der Waals surface area contributed by atoms with E-state index in [0.29, 0.717) is 48.1 Å². The first-order valence-electron chi connectivity index (χ1n) is 12.0. The zero-order valence-electron chi connectivity index (χ0n) is 20.0. The molecule has 186 valence electrons. The summed E-state index contributed by atoms with van der Waals surface area (Å²) < 4.78 is 16.6. The maximum atomic E-state index is 12.7. The second-order valence-corrected chi connectivity index (χ2v) is 8.39. The van der Waals surface area contributed by atoms with Crippen LogP contribution in [0.25, 0.3) is 22.4 Å². The summed E-state index contributed by atoms with van der Waals surface area (Å²) in [6.07, 6.45) is 4.89. The summed E-state index contributed by atoms with van der Waals surface area (Å²) in [6, 6.07) is 20.2. The van der Waals surface area contributed by atoms with Crippen molar-refractivity contribution >= 4 is 11.6 Å². The van der Waals surface area contributed by atoms with Gasteiger partial charge in [0.05, 0.1) is 25.5 Å². The Morgan fingerprint density at radius 3 is 2.57 bits per heavy atom. The summed E-state index contributed by atoms with van der Waals surface area (Å²) in [5, 5.41) is 19.5. The van der Waals surface area contributed by atoms with Gasteiger partial charge in [0.25, 0.3) is 5.91 Å². The number of rotatable bonds is 9. The summed E-state index contributed by atoms with van der Waals surface area (Å²) in [7, 11) is 0. The molecule has 1 aliphatic heterocycles. The van der Waals surface area contributed by atoms with E-state index in [-0.39, 0.29) is 17.9 Å². The zero-order valence-corrected chi connectivity index (χ0v) is 20.0. The van der Waals surface area contributed by atoms with Crippen molar-refractivity contribution in [1.82, 2.24) is 15.2 Å². The lowest BCUT2D eigenvalue weighted by atomic mass is 10.00. The molecule has 37 heavy (non-hydrogen) atoms. The SMILES string of the molecule is N#Cc1n[nH]c(-c2cccnc2)c1-c1ccc(NC(=O)c2ccc(OCCCC3OCCO3)cc2)cc1. The van der Waals surface area contributed by atoms with Crippen molar-refractivity contribution in [3.05, 3.63) is 84.3 Å². The molecule has 0 unspecified atom stereocenters. The number of aromatic nitrogens is 3. The van der Waals surface area contributed by atoms with Crippen LogP contribution in [0.3, 0.4) is 0 Å². The number of carbonyl (C=O) groups is 1. The third-order valence-corrected chi connectivity index (χ3v) is 5.91. The zero-order chi connectivity index (χ0) is 25.5. The van der Waals surface area contributed by atoms with Crippen LogP contribution in [0.4, 0.5) is 5.69 Å². The highest BCUT2D eigenvalue weighted by Crippen LogP contribution is 2.33. The molecular formula is C28H25N5O4. The highest BCUT2D eigenvalue weighted by atomic mass is 16.7. The molecule has 0 bridgehead atoms. The predicted octanol–water partition coefficient (Wildman–Crippen LogP) is 4.79. The van der Waals surface area contributed by atoms with Crippen molar-refractivity contribution in [3.8, 4) is 34.2 Å². The molecule has 2 aromatic heterocycles. The fraction of sp³-hybridized carbons (Fsp3) is 0.214. The Hall–Kier alpha value is -4.52. The maximum Gasteiger partial charge on any atom is 0.255 e. The molecule has 1 aliphatic rings. The van der Waals surface area contributed by atoms with Gasteiger partial charge in [-0.2, -0.15) is 10.4 Å². The van der Waals surface area contributed by atoms with E-state index in [4.69, 9.17) is 14.2 Å². The molecule has 0 atom stereocenters. The monoisotopic (exact) mass is 495 g/mol. The van der Waals surface area contributed by atoms with Crippen molar-refractivity contribution in [2.75, 3.05) is 25.1 Å². The predicted molar refractivity (Wildman–Crippen MR) is 137 cm³/mol. The minimum absolute atomic E-state index is 0.125. The Kier molecular flexibility index (Phi) is 7.50. The van der Waals surface area contributed by atoms with Gasteiger partial charge in [0.2, 0.25) is 0 Å². The molecule has 3 heterocycles. The number of carbonyl (C=O) groups excluding carboxylic acids is 1. The molecule has 1 amide bonds. The first kappa shape index (κ1) is 24.2. The Bertz CT molecular complexity index is 1370. The second kappa shape index (κ2) is 11.5. The van der Waals surface area contributed by atoms with E-state index in [1.807, 2.05) is 24.3 Å². The first-order chi connectivity index (χ1) is 18.2. The van der Waals surface area contributed by atoms with Gasteiger partial charge < -0.3 is 19.5 Å². The minimum atomic E-state index is -0.230. The first-order valence-corrected chi connectivity index (χ1v) is 12.0. The molecule has 2 aromatic carbocycles. The van der Waals surface area contributed by atoms with Crippen LogP contribution in [0.5, 0.6) is 5.75 Å². The summed E-state index contributed by atoms with van der Waals surface area (Å²) in [5.41, 5.74) is 4.47. The molecule has 0 spiro atoms. The van der Waals surface area contributed by atoms with Crippen LogP contribution in [0, 0.1) is 11.3 Å². The molecule has 1 fully saturated rings. The number of anilines is 1. The van der Waals surface area contributed by atoms with Crippen LogP contribution in [0.1, 0.15) is 28.9 Å². The molecule has 4 aromatic rings. The van der Waals surface area contributed by atoms with E-state index in [9.17, 15) is 10.1 Å². The van der Waals surface area contributed by atoms with Crippen molar-refractivity contribution in [1.29, 1.82) is 5.26 Å². The topological polar surface area (TPSA) is 122 Å². The fourth-order valence-corrected chi connectivity index (χ4v) is 4.06. The number of nitrogens with zero attached hydrogens (tertiary/aromatic N) is 3. The highest BCUT2D eigenvalue weighted by Gasteiger charge is 2.17. The summed E-state index contributed by atoms with van der Waals surface area (Å²) in [4.78, 5) is 16.9. The Balaban J connectivity index is 1.20. The summed E-state index contributed by atoms with van der Waals surface area (Å²) >= 11 is 0. The van der Waals surface area contributed by atoms with Gasteiger partial charge in [-0.15, -0.1) is 0 Å². The van der Waals surface area contributed by atoms with E-state index >= 15 is 0 Å². The smallest absolute Gasteiger partial charge is 0.255 e. The molecule has 1 saturated heterocycles. The number of amides is 1. The quantitative estimate of drug-likeness (QED) is 0.320. The van der Waals surface area contributed by atoms with Crippen LogP contribution in [-0.4, -0.2) is 47.2 Å². The summed E-state index contributed by atoms with van der Waals surface area (Å²) in [5.74, 6) is 0.471. The van der Waals surface area contributed by atoms with E-state index in [1.165, 1.54) is 0 Å². The lowest BCUT2D eigenvalue weighted by molar-refractivity contribution is -0.0493. The number of benzene rings is 2. The fourth-order valence-electron chi connectivity index (χ4n) is 4.06. The van der Waals surface area contributed by atoms with Crippen molar-refractivity contribution < 1.29 is 19.0 Å². The molecule has 2 N–H and O–H groups in total. The molecule has 0 aliphatic carbocycles. The maximum absolute atomic E-state index is 12.7. The number of H-pyrrole nitrogens is 1. The second-order valence-electron chi connectivity index (χ2n) is 8.39. The lowest BCUT2D eigenvalue weighted by Gasteiger charge is -2.10.